The van der Waals surface area contributed by atoms with Gasteiger partial charge in [-0.15, -0.1) is 0 Å². The molecule has 6 rings (SSSR count). The van der Waals surface area contributed by atoms with Gasteiger partial charge in [0.05, 0.1) is 43.1 Å². The molecular weight excluding hydrogens is 931 g/mol. The number of hydrogen-bond donors (Lipinski definition) is 6. The van der Waals surface area contributed by atoms with E-state index in [1.54, 1.807) is 81.9 Å². The second kappa shape index (κ2) is 21.3. The number of ether oxygens (including phenoxy) is 3. The maximum atomic E-state index is 14.1. The molecule has 0 bridgehead atoms. The summed E-state index contributed by atoms with van der Waals surface area (Å²) in [5.41, 5.74) is 13.0. The minimum atomic E-state index is -2.44. The van der Waals surface area contributed by atoms with Crippen LogP contribution in [0, 0.1) is 5.92 Å². The summed E-state index contributed by atoms with van der Waals surface area (Å²) < 4.78 is 18.3. The highest BCUT2D eigenvalue weighted by Gasteiger charge is 2.47. The molecule has 2 aromatic carbocycles. The molecule has 0 aliphatic carbocycles. The number of urea groups is 1. The largest absolute Gasteiger partial charge is 0.458 e. The summed E-state index contributed by atoms with van der Waals surface area (Å²) >= 11 is 0. The Kier molecular flexibility index (Phi) is 16.0. The predicted octanol–water partition coefficient (Wildman–Crippen LogP) is 4.35. The molecule has 0 saturated carbocycles. The zero-order chi connectivity index (χ0) is 52.3. The molecule has 4 heterocycles. The van der Waals surface area contributed by atoms with E-state index in [4.69, 9.17) is 30.7 Å². The number of amides is 6. The van der Waals surface area contributed by atoms with Gasteiger partial charge >= 0.3 is 24.2 Å². The number of likely N-dealkylation sites (N-methyl/N-ethyl adjacent to an activating group) is 2. The van der Waals surface area contributed by atoms with Crippen molar-refractivity contribution in [3.63, 3.8) is 0 Å². The first-order chi connectivity index (χ1) is 33.3. The lowest BCUT2D eigenvalue weighted by Crippen LogP contribution is -2.51. The van der Waals surface area contributed by atoms with E-state index in [2.05, 4.69) is 49.8 Å². The smallest absolute Gasteiger partial charge is 0.415 e. The van der Waals surface area contributed by atoms with Gasteiger partial charge in [0.25, 0.3) is 5.56 Å². The van der Waals surface area contributed by atoms with E-state index in [-0.39, 0.29) is 85.6 Å². The van der Waals surface area contributed by atoms with Gasteiger partial charge in [-0.2, -0.15) is 0 Å². The third-order valence-electron chi connectivity index (χ3n) is 14.0. The van der Waals surface area contributed by atoms with E-state index < -0.39 is 61.8 Å². The number of nitrogens with zero attached hydrogens (tertiary/aromatic N) is 4. The molecule has 2 aliphatic heterocycles. The second-order valence-electron chi connectivity index (χ2n) is 20.2. The van der Waals surface area contributed by atoms with Crippen molar-refractivity contribution >= 4 is 65.9 Å². The molecule has 382 valence electrons. The van der Waals surface area contributed by atoms with Gasteiger partial charge in [0.15, 0.2) is 5.60 Å². The van der Waals surface area contributed by atoms with Crippen molar-refractivity contribution in [1.29, 1.82) is 0 Å². The van der Waals surface area contributed by atoms with Crippen molar-refractivity contribution in [1.82, 2.24) is 30.0 Å². The number of benzene rings is 2. The lowest BCUT2D eigenvalue weighted by Gasteiger charge is -2.39. The van der Waals surface area contributed by atoms with E-state index >= 15 is 0 Å². The quantitative estimate of drug-likeness (QED) is 0.0430. The second-order valence-corrected chi connectivity index (χ2v) is 25.4. The molecule has 0 radical (unpaired) electrons. The van der Waals surface area contributed by atoms with E-state index in [0.717, 1.165) is 16.1 Å². The maximum absolute atomic E-state index is 14.1. The molecule has 6 amide bonds. The number of rotatable bonds is 17. The monoisotopic (exact) mass is 997 g/mol. The Morgan fingerprint density at radius 1 is 0.972 bits per heavy atom. The summed E-state index contributed by atoms with van der Waals surface area (Å²) in [5.74, 6) is -1.61. The summed E-state index contributed by atoms with van der Waals surface area (Å²) in [7, 11) is 0.662. The summed E-state index contributed by atoms with van der Waals surface area (Å²) in [6, 6.07) is 11.1. The van der Waals surface area contributed by atoms with Gasteiger partial charge in [-0.25, -0.2) is 24.2 Å². The van der Waals surface area contributed by atoms with Crippen molar-refractivity contribution in [2.75, 3.05) is 39.0 Å². The summed E-state index contributed by atoms with van der Waals surface area (Å²) in [6.07, 6.45) is -0.675. The number of aromatic nitrogens is 2. The number of anilines is 1. The van der Waals surface area contributed by atoms with Crippen molar-refractivity contribution in [3.05, 3.63) is 81.1 Å². The molecule has 0 fully saturated rings. The fourth-order valence-electron chi connectivity index (χ4n) is 8.40. The van der Waals surface area contributed by atoms with Crippen molar-refractivity contribution in [2.24, 2.45) is 17.4 Å². The van der Waals surface area contributed by atoms with Gasteiger partial charge in [-0.1, -0.05) is 66.8 Å². The highest BCUT2D eigenvalue weighted by Crippen LogP contribution is 2.43. The van der Waals surface area contributed by atoms with Crippen LogP contribution in [0.15, 0.2) is 53.3 Å². The number of nitrogens with two attached hydrogens (primary N) is 2. The van der Waals surface area contributed by atoms with E-state index in [1.807, 2.05) is 6.07 Å². The lowest BCUT2D eigenvalue weighted by atomic mass is 9.86. The van der Waals surface area contributed by atoms with Crippen LogP contribution in [0.25, 0.3) is 22.3 Å². The fourth-order valence-corrected chi connectivity index (χ4v) is 11.0. The lowest BCUT2D eigenvalue weighted by molar-refractivity contribution is -0.172. The van der Waals surface area contributed by atoms with E-state index in [1.165, 1.54) is 9.80 Å². The summed E-state index contributed by atoms with van der Waals surface area (Å²) in [4.78, 5) is 98.1. The zero-order valence-electron chi connectivity index (χ0n) is 42.2. The molecule has 2 aromatic heterocycles. The Bertz CT molecular complexity index is 2790. The van der Waals surface area contributed by atoms with Gasteiger partial charge in [-0.3, -0.25) is 14.4 Å². The number of carbonyl (C=O) groups is 6. The highest BCUT2D eigenvalue weighted by molar-refractivity contribution is 6.94. The van der Waals surface area contributed by atoms with Crippen LogP contribution in [0.5, 0.6) is 5.75 Å². The first-order valence-electron chi connectivity index (χ1n) is 23.7. The Balaban J connectivity index is 1.08. The topological polar surface area (TPSA) is 280 Å². The van der Waals surface area contributed by atoms with Crippen molar-refractivity contribution < 1.29 is 48.1 Å². The molecule has 0 spiro atoms. The van der Waals surface area contributed by atoms with Gasteiger partial charge in [0.1, 0.15) is 25.0 Å². The number of pyridine rings is 2. The number of nitrogens with one attached hydrogen (secondary N) is 3. The van der Waals surface area contributed by atoms with Crippen molar-refractivity contribution in [2.45, 2.75) is 116 Å². The van der Waals surface area contributed by atoms with Crippen LogP contribution in [0.3, 0.4) is 0 Å². The van der Waals surface area contributed by atoms with Crippen LogP contribution < -0.4 is 42.9 Å². The average Bonchev–Trinajstić information content (AvgIpc) is 3.68. The number of fused-ring (bicyclic) bond motifs is 5. The Morgan fingerprint density at radius 3 is 2.25 bits per heavy atom. The maximum Gasteiger partial charge on any atom is 0.415 e. The molecule has 0 saturated heterocycles. The predicted molar refractivity (Wildman–Crippen MR) is 269 cm³/mol. The molecule has 3 atom stereocenters. The summed E-state index contributed by atoms with van der Waals surface area (Å²) in [6.45, 7) is 16.7. The SMILES string of the molecule is CC[C@@]1(O)C(=O)OCc2c1cc1n(c2=O)Cc2c-1nc1ccc(OC(=O)N(C)CCN(C)C(=O)OCc3ccc(NC(=O)[C@H](CCCNC(N)=O)NC(=O)[C@@H](N)C(C)C)cc3)cc1c2[Si](C)(C)C(C)(C)C. The number of hydrogen-bond acceptors (Lipinski definition) is 13. The Labute approximate surface area is 413 Å². The van der Waals surface area contributed by atoms with E-state index in [0.29, 0.717) is 34.6 Å². The molecule has 20 nitrogen and oxygen atoms in total. The summed E-state index contributed by atoms with van der Waals surface area (Å²) in [5, 5.41) is 21.1. The average molecular weight is 998 g/mol. The third-order valence-corrected chi connectivity index (χ3v) is 19.5. The third kappa shape index (κ3) is 11.4. The number of primary amides is 1. The number of carbonyl (C=O) groups excluding carboxylic acids is 6. The molecule has 8 N–H and O–H groups in total. The standard InChI is InChI=1S/C50H67N9O11Si/c1-11-50(67)35-24-38-40-33(25-59(38)44(62)34(35)27-68-45(50)63)41(71(9,10)49(4,5)6)32-23-31(18-19-36(32)55-40)70-48(66)58(8)22-21-57(7)47(65)69-26-29-14-16-30(17-15-29)54-42(60)37(13-12-20-53-46(52)64)56-43(61)39(51)28(2)3/h14-19,23-24,28,37,39,67H,11-13,20-22,25-27,51H2,1-10H3,(H,54,60)(H,56,61)(H3,52,53,64)/t37-,39-,50-/m0/s1. The van der Waals surface area contributed by atoms with Gasteiger partial charge < -0.3 is 61.1 Å². The molecule has 0 unspecified atom stereocenters. The molecule has 4 aromatic rings. The molecule has 71 heavy (non-hydrogen) atoms. The number of cyclic esters (lactones) is 1. The molecular formula is C50H67N9O11Si. The van der Waals surface area contributed by atoms with Crippen LogP contribution >= 0.6 is 0 Å². The number of aliphatic hydroxyl groups is 1. The fraction of sp³-hybridized carbons (Fsp3) is 0.480. The van der Waals surface area contributed by atoms with Gasteiger partial charge in [0.2, 0.25) is 11.8 Å². The highest BCUT2D eigenvalue weighted by atomic mass is 28.3. The van der Waals surface area contributed by atoms with Crippen LogP contribution in [0.2, 0.25) is 18.1 Å². The van der Waals surface area contributed by atoms with Crippen LogP contribution in [-0.2, 0) is 49.2 Å². The minimum absolute atomic E-state index is 0.0312. The Hall–Kier alpha value is -6.84. The first kappa shape index (κ1) is 53.5. The first-order valence-corrected chi connectivity index (χ1v) is 26.7. The normalized spacial score (nSPS) is 15.9. The van der Waals surface area contributed by atoms with E-state index in [9.17, 15) is 38.7 Å². The Morgan fingerprint density at radius 2 is 1.63 bits per heavy atom. The van der Waals surface area contributed by atoms with Crippen molar-refractivity contribution in [3.8, 4) is 17.1 Å². The zero-order valence-corrected chi connectivity index (χ0v) is 43.2. The van der Waals surface area contributed by atoms with Crippen LogP contribution in [0.4, 0.5) is 20.1 Å². The van der Waals surface area contributed by atoms with Gasteiger partial charge in [0, 0.05) is 50.4 Å². The molecule has 21 heteroatoms. The number of esters is 1. The van der Waals surface area contributed by atoms with Crippen LogP contribution in [-0.4, -0.2) is 114 Å². The minimum Gasteiger partial charge on any atom is -0.458 e. The van der Waals surface area contributed by atoms with Gasteiger partial charge in [-0.05, 0) is 82.9 Å². The molecule has 2 aliphatic rings. The van der Waals surface area contributed by atoms with Crippen LogP contribution in [0.1, 0.15) is 83.1 Å².